The number of hydrogen-bond donors (Lipinski definition) is 2. The zero-order valence-corrected chi connectivity index (χ0v) is 12.3. The molecule has 1 fully saturated rings. The number of methoxy groups -OCH3 is 2. The molecule has 0 radical (unpaired) electrons. The number of carbonyl (C=O) groups is 1. The molecular formula is C12H22N2O4S. The lowest BCUT2D eigenvalue weighted by molar-refractivity contribution is -0.132. The first-order chi connectivity index (χ1) is 9.06. The van der Waals surface area contributed by atoms with E-state index in [4.69, 9.17) is 32.2 Å². The molecule has 0 aromatic rings. The largest absolute Gasteiger partial charge is 0.392 e. The van der Waals surface area contributed by atoms with Crippen LogP contribution in [0.5, 0.6) is 0 Å². The Morgan fingerprint density at radius 3 is 2.58 bits per heavy atom. The van der Waals surface area contributed by atoms with Gasteiger partial charge < -0.3 is 25.3 Å². The van der Waals surface area contributed by atoms with Crippen molar-refractivity contribution in [1.82, 2.24) is 5.32 Å². The molecule has 1 unspecified atom stereocenters. The fourth-order valence-corrected chi connectivity index (χ4v) is 2.37. The lowest BCUT2D eigenvalue weighted by Gasteiger charge is -2.35. The molecule has 19 heavy (non-hydrogen) atoms. The van der Waals surface area contributed by atoms with E-state index in [2.05, 4.69) is 5.32 Å². The summed E-state index contributed by atoms with van der Waals surface area (Å²) in [6, 6.07) is 0. The van der Waals surface area contributed by atoms with E-state index in [0.717, 1.165) is 0 Å². The number of hydrogen-bond acceptors (Lipinski definition) is 5. The summed E-state index contributed by atoms with van der Waals surface area (Å²) in [5.74, 6) is -0.151. The first-order valence-electron chi connectivity index (χ1n) is 6.24. The number of amides is 1. The van der Waals surface area contributed by atoms with Crippen molar-refractivity contribution in [2.45, 2.75) is 18.9 Å². The zero-order chi connectivity index (χ0) is 14.3. The van der Waals surface area contributed by atoms with Crippen LogP contribution in [0, 0.1) is 5.41 Å². The van der Waals surface area contributed by atoms with Crippen LogP contribution in [0.15, 0.2) is 0 Å². The number of nitrogens with one attached hydrogen (secondary N) is 1. The highest BCUT2D eigenvalue weighted by molar-refractivity contribution is 7.80. The minimum atomic E-state index is -0.793. The Labute approximate surface area is 118 Å². The maximum absolute atomic E-state index is 12.4. The van der Waals surface area contributed by atoms with Gasteiger partial charge in [0.05, 0.1) is 17.7 Å². The normalized spacial score (nSPS) is 19.7. The topological polar surface area (TPSA) is 82.8 Å². The van der Waals surface area contributed by atoms with Crippen LogP contribution in [0.4, 0.5) is 0 Å². The summed E-state index contributed by atoms with van der Waals surface area (Å²) in [6.45, 7) is 1.78. The lowest BCUT2D eigenvalue weighted by Crippen LogP contribution is -2.53. The summed E-state index contributed by atoms with van der Waals surface area (Å²) < 4.78 is 15.5. The fourth-order valence-electron chi connectivity index (χ4n) is 2.08. The van der Waals surface area contributed by atoms with Crippen molar-refractivity contribution < 1.29 is 19.0 Å². The molecule has 3 N–H and O–H groups in total. The highest BCUT2D eigenvalue weighted by Crippen LogP contribution is 2.31. The molecule has 0 aromatic heterocycles. The number of thiocarbonyl (C=S) groups is 1. The summed E-state index contributed by atoms with van der Waals surface area (Å²) in [5.41, 5.74) is 4.97. The van der Waals surface area contributed by atoms with Crippen LogP contribution < -0.4 is 11.1 Å². The highest BCUT2D eigenvalue weighted by atomic mass is 32.1. The SMILES string of the molecule is COCC(CNC(=O)C1(C(N)=S)CCOCC1)OC. The van der Waals surface area contributed by atoms with Crippen LogP contribution in [-0.4, -0.2) is 57.6 Å². The number of rotatable bonds is 7. The number of carbonyl (C=O) groups excluding carboxylic acids is 1. The summed E-state index contributed by atoms with van der Waals surface area (Å²) >= 11 is 5.07. The maximum atomic E-state index is 12.4. The smallest absolute Gasteiger partial charge is 0.233 e. The Kier molecular flexibility index (Phi) is 6.64. The molecule has 0 aliphatic carbocycles. The molecule has 1 atom stereocenters. The van der Waals surface area contributed by atoms with Crippen molar-refractivity contribution in [2.75, 3.05) is 40.6 Å². The second kappa shape index (κ2) is 7.74. The third-order valence-electron chi connectivity index (χ3n) is 3.43. The maximum Gasteiger partial charge on any atom is 0.233 e. The van der Waals surface area contributed by atoms with Crippen LogP contribution in [-0.2, 0) is 19.0 Å². The number of ether oxygens (including phenoxy) is 3. The van der Waals surface area contributed by atoms with E-state index < -0.39 is 5.41 Å². The van der Waals surface area contributed by atoms with Gasteiger partial charge in [0, 0.05) is 34.0 Å². The van der Waals surface area contributed by atoms with Crippen LogP contribution in [0.3, 0.4) is 0 Å². The summed E-state index contributed by atoms with van der Waals surface area (Å²) in [5, 5.41) is 2.84. The lowest BCUT2D eigenvalue weighted by atomic mass is 9.79. The molecule has 0 aromatic carbocycles. The van der Waals surface area contributed by atoms with Crippen molar-refractivity contribution >= 4 is 23.1 Å². The molecule has 6 nitrogen and oxygen atoms in total. The minimum absolute atomic E-state index is 0.151. The predicted molar refractivity (Wildman–Crippen MR) is 75.0 cm³/mol. The van der Waals surface area contributed by atoms with E-state index >= 15 is 0 Å². The van der Waals surface area contributed by atoms with Crippen molar-refractivity contribution in [3.05, 3.63) is 0 Å². The molecule has 0 saturated carbocycles. The number of nitrogens with two attached hydrogens (primary N) is 1. The molecule has 1 saturated heterocycles. The summed E-state index contributed by atoms with van der Waals surface area (Å²) in [7, 11) is 3.16. The third-order valence-corrected chi connectivity index (χ3v) is 3.82. The van der Waals surface area contributed by atoms with Gasteiger partial charge in [0.25, 0.3) is 0 Å². The van der Waals surface area contributed by atoms with Gasteiger partial charge in [-0.25, -0.2) is 0 Å². The molecule has 1 aliphatic rings. The first-order valence-corrected chi connectivity index (χ1v) is 6.65. The van der Waals surface area contributed by atoms with Gasteiger partial charge in [-0.15, -0.1) is 0 Å². The Morgan fingerprint density at radius 2 is 2.11 bits per heavy atom. The molecule has 7 heteroatoms. The van der Waals surface area contributed by atoms with Gasteiger partial charge in [0.2, 0.25) is 5.91 Å². The van der Waals surface area contributed by atoms with Gasteiger partial charge in [0.15, 0.2) is 0 Å². The highest BCUT2D eigenvalue weighted by Gasteiger charge is 2.42. The molecular weight excluding hydrogens is 268 g/mol. The Hall–Kier alpha value is -0.760. The second-order valence-electron chi connectivity index (χ2n) is 4.58. The van der Waals surface area contributed by atoms with Crippen molar-refractivity contribution in [3.8, 4) is 0 Å². The monoisotopic (exact) mass is 290 g/mol. The average molecular weight is 290 g/mol. The van der Waals surface area contributed by atoms with E-state index in [1.807, 2.05) is 0 Å². The van der Waals surface area contributed by atoms with E-state index in [1.54, 1.807) is 14.2 Å². The third kappa shape index (κ3) is 4.10. The van der Waals surface area contributed by atoms with Crippen LogP contribution in [0.1, 0.15) is 12.8 Å². The van der Waals surface area contributed by atoms with Crippen LogP contribution in [0.2, 0.25) is 0 Å². The molecule has 1 heterocycles. The van der Waals surface area contributed by atoms with E-state index in [-0.39, 0.29) is 17.0 Å². The van der Waals surface area contributed by atoms with Gasteiger partial charge in [-0.2, -0.15) is 0 Å². The minimum Gasteiger partial charge on any atom is -0.392 e. The molecule has 1 aliphatic heterocycles. The van der Waals surface area contributed by atoms with Crippen LogP contribution in [0.25, 0.3) is 0 Å². The quantitative estimate of drug-likeness (QED) is 0.634. The van der Waals surface area contributed by atoms with Crippen LogP contribution >= 0.6 is 12.2 Å². The standard InChI is InChI=1S/C12H22N2O4S/c1-16-8-9(17-2)7-14-11(15)12(10(13)19)3-5-18-6-4-12/h9H,3-8H2,1-2H3,(H2,13,19)(H,14,15). The zero-order valence-electron chi connectivity index (χ0n) is 11.4. The molecule has 110 valence electrons. The van der Waals surface area contributed by atoms with Gasteiger partial charge in [-0.1, -0.05) is 12.2 Å². The van der Waals surface area contributed by atoms with Gasteiger partial charge >= 0.3 is 0 Å². The summed E-state index contributed by atoms with van der Waals surface area (Å²) in [6.07, 6.45) is 0.865. The molecule has 1 amide bonds. The molecule has 0 bridgehead atoms. The van der Waals surface area contributed by atoms with Gasteiger partial charge in [-0.05, 0) is 12.8 Å². The summed E-state index contributed by atoms with van der Waals surface area (Å²) in [4.78, 5) is 12.6. The van der Waals surface area contributed by atoms with Crippen molar-refractivity contribution in [3.63, 3.8) is 0 Å². The average Bonchev–Trinajstić information content (AvgIpc) is 2.43. The van der Waals surface area contributed by atoms with Gasteiger partial charge in [0.1, 0.15) is 5.41 Å². The van der Waals surface area contributed by atoms with E-state index in [1.165, 1.54) is 0 Å². The van der Waals surface area contributed by atoms with Gasteiger partial charge in [-0.3, -0.25) is 4.79 Å². The van der Waals surface area contributed by atoms with E-state index in [0.29, 0.717) is 39.2 Å². The fraction of sp³-hybridized carbons (Fsp3) is 0.833. The Balaban J connectivity index is 2.60. The molecule has 1 rings (SSSR count). The second-order valence-corrected chi connectivity index (χ2v) is 5.02. The van der Waals surface area contributed by atoms with Crippen molar-refractivity contribution in [2.24, 2.45) is 11.1 Å². The Morgan fingerprint density at radius 1 is 1.47 bits per heavy atom. The Bertz CT molecular complexity index is 319. The molecule has 0 spiro atoms. The van der Waals surface area contributed by atoms with E-state index in [9.17, 15) is 4.79 Å². The first kappa shape index (κ1) is 16.3. The van der Waals surface area contributed by atoms with Crippen molar-refractivity contribution in [1.29, 1.82) is 0 Å². The predicted octanol–water partition coefficient (Wildman–Crippen LogP) is -0.153.